The van der Waals surface area contributed by atoms with Crippen LogP contribution in [-0.2, 0) is 0 Å². The van der Waals surface area contributed by atoms with Crippen LogP contribution >= 0.6 is 15.9 Å². The van der Waals surface area contributed by atoms with E-state index in [1.165, 1.54) is 5.56 Å². The average Bonchev–Trinajstić information content (AvgIpc) is 2.87. The molecule has 21 heavy (non-hydrogen) atoms. The Kier molecular flexibility index (Phi) is 5.53. The van der Waals surface area contributed by atoms with E-state index in [4.69, 9.17) is 10.3 Å². The highest BCUT2D eigenvalue weighted by molar-refractivity contribution is 9.10. The van der Waals surface area contributed by atoms with Crippen molar-refractivity contribution in [3.63, 3.8) is 0 Å². The first-order valence-electron chi connectivity index (χ1n) is 7.33. The van der Waals surface area contributed by atoms with Crippen LogP contribution in [0.25, 0.3) is 11.4 Å². The maximum atomic E-state index is 5.77. The van der Waals surface area contributed by atoms with Gasteiger partial charge in [0.25, 0.3) is 0 Å². The number of nitrogens with two attached hydrogens (primary N) is 1. The monoisotopic (exact) mass is 351 g/mol. The SMILES string of the molecule is Cc1ccc(-c2noc(C(C)CCCC(C)N)n2)c(Br)c1. The van der Waals surface area contributed by atoms with E-state index in [1.54, 1.807) is 0 Å². The summed E-state index contributed by atoms with van der Waals surface area (Å²) < 4.78 is 6.40. The van der Waals surface area contributed by atoms with E-state index >= 15 is 0 Å². The van der Waals surface area contributed by atoms with Gasteiger partial charge in [-0.05, 0) is 44.4 Å². The van der Waals surface area contributed by atoms with Gasteiger partial charge in [0.2, 0.25) is 11.7 Å². The molecule has 0 saturated heterocycles. The van der Waals surface area contributed by atoms with Crippen LogP contribution in [0.5, 0.6) is 0 Å². The molecule has 0 amide bonds. The lowest BCUT2D eigenvalue weighted by atomic mass is 10.0. The summed E-state index contributed by atoms with van der Waals surface area (Å²) in [6, 6.07) is 6.35. The second-order valence-corrected chi connectivity index (χ2v) is 6.60. The summed E-state index contributed by atoms with van der Waals surface area (Å²) in [6.45, 7) is 6.20. The number of nitrogens with zero attached hydrogens (tertiary/aromatic N) is 2. The molecule has 0 fully saturated rings. The van der Waals surface area contributed by atoms with Crippen molar-refractivity contribution in [2.75, 3.05) is 0 Å². The minimum Gasteiger partial charge on any atom is -0.339 e. The van der Waals surface area contributed by atoms with Crippen molar-refractivity contribution in [3.8, 4) is 11.4 Å². The molecule has 1 aromatic heterocycles. The number of aromatic nitrogens is 2. The molecule has 0 radical (unpaired) electrons. The molecule has 0 saturated carbocycles. The van der Waals surface area contributed by atoms with Gasteiger partial charge < -0.3 is 10.3 Å². The Morgan fingerprint density at radius 3 is 2.71 bits per heavy atom. The standard InChI is InChI=1S/C16H22BrN3O/c1-10-7-8-13(14(17)9-10)15-19-16(21-20-15)11(2)5-4-6-12(3)18/h7-9,11-12H,4-6,18H2,1-3H3. The molecule has 0 bridgehead atoms. The van der Waals surface area contributed by atoms with Crippen molar-refractivity contribution in [1.82, 2.24) is 10.1 Å². The van der Waals surface area contributed by atoms with E-state index in [9.17, 15) is 0 Å². The zero-order valence-electron chi connectivity index (χ0n) is 12.8. The topological polar surface area (TPSA) is 64.9 Å². The fraction of sp³-hybridized carbons (Fsp3) is 0.500. The fourth-order valence-corrected chi connectivity index (χ4v) is 2.89. The minimum atomic E-state index is 0.249. The summed E-state index contributed by atoms with van der Waals surface area (Å²) in [5.41, 5.74) is 7.92. The average molecular weight is 352 g/mol. The number of rotatable bonds is 6. The molecular formula is C16H22BrN3O. The van der Waals surface area contributed by atoms with Gasteiger partial charge in [0.05, 0.1) is 0 Å². The maximum absolute atomic E-state index is 5.77. The second-order valence-electron chi connectivity index (χ2n) is 5.75. The molecule has 1 heterocycles. The number of halogens is 1. The van der Waals surface area contributed by atoms with Crippen molar-refractivity contribution < 1.29 is 4.52 Å². The number of hydrogen-bond acceptors (Lipinski definition) is 4. The minimum absolute atomic E-state index is 0.249. The zero-order valence-corrected chi connectivity index (χ0v) is 14.4. The third kappa shape index (κ3) is 4.38. The molecule has 2 atom stereocenters. The van der Waals surface area contributed by atoms with E-state index in [1.807, 2.05) is 19.1 Å². The van der Waals surface area contributed by atoms with Crippen molar-refractivity contribution in [3.05, 3.63) is 34.1 Å². The molecule has 2 N–H and O–H groups in total. The molecule has 2 rings (SSSR count). The van der Waals surface area contributed by atoms with Gasteiger partial charge >= 0.3 is 0 Å². The molecule has 0 aliphatic heterocycles. The Morgan fingerprint density at radius 2 is 2.05 bits per heavy atom. The van der Waals surface area contributed by atoms with E-state index in [-0.39, 0.29) is 12.0 Å². The number of benzene rings is 1. The van der Waals surface area contributed by atoms with E-state index in [2.05, 4.69) is 46.0 Å². The van der Waals surface area contributed by atoms with Crippen molar-refractivity contribution in [2.45, 2.75) is 52.0 Å². The van der Waals surface area contributed by atoms with Crippen LogP contribution in [0.1, 0.15) is 50.5 Å². The third-order valence-electron chi connectivity index (χ3n) is 3.53. The van der Waals surface area contributed by atoms with E-state index in [0.717, 1.165) is 29.3 Å². The predicted molar refractivity (Wildman–Crippen MR) is 88.1 cm³/mol. The lowest BCUT2D eigenvalue weighted by Crippen LogP contribution is -2.14. The largest absolute Gasteiger partial charge is 0.339 e. The van der Waals surface area contributed by atoms with Crippen LogP contribution in [0.4, 0.5) is 0 Å². The fourth-order valence-electron chi connectivity index (χ4n) is 2.22. The molecule has 2 unspecified atom stereocenters. The summed E-state index contributed by atoms with van der Waals surface area (Å²) in [7, 11) is 0. The lowest BCUT2D eigenvalue weighted by Gasteiger charge is -2.07. The van der Waals surface area contributed by atoms with E-state index < -0.39 is 0 Å². The zero-order chi connectivity index (χ0) is 15.4. The van der Waals surface area contributed by atoms with Gasteiger partial charge in [0.15, 0.2) is 0 Å². The van der Waals surface area contributed by atoms with Gasteiger partial charge in [-0.2, -0.15) is 4.98 Å². The molecule has 0 aliphatic rings. The van der Waals surface area contributed by atoms with Crippen molar-refractivity contribution in [1.29, 1.82) is 0 Å². The Balaban J connectivity index is 2.07. The molecular weight excluding hydrogens is 330 g/mol. The maximum Gasteiger partial charge on any atom is 0.229 e. The second kappa shape index (κ2) is 7.18. The molecule has 1 aromatic carbocycles. The van der Waals surface area contributed by atoms with Crippen LogP contribution in [0.15, 0.2) is 27.2 Å². The highest BCUT2D eigenvalue weighted by Crippen LogP contribution is 2.29. The Bertz CT molecular complexity index is 595. The number of hydrogen-bond donors (Lipinski definition) is 1. The van der Waals surface area contributed by atoms with Crippen molar-refractivity contribution >= 4 is 15.9 Å². The first-order chi connectivity index (χ1) is 9.97. The summed E-state index contributed by atoms with van der Waals surface area (Å²) in [6.07, 6.45) is 3.11. The van der Waals surface area contributed by atoms with Gasteiger partial charge in [-0.1, -0.05) is 40.5 Å². The van der Waals surface area contributed by atoms with Crippen LogP contribution in [0, 0.1) is 6.92 Å². The van der Waals surface area contributed by atoms with Crippen LogP contribution < -0.4 is 5.73 Å². The van der Waals surface area contributed by atoms with Gasteiger partial charge in [0.1, 0.15) is 0 Å². The Morgan fingerprint density at radius 1 is 1.29 bits per heavy atom. The van der Waals surface area contributed by atoms with Gasteiger partial charge in [-0.25, -0.2) is 0 Å². The van der Waals surface area contributed by atoms with Gasteiger partial charge in [0, 0.05) is 22.0 Å². The normalized spacial score (nSPS) is 14.1. The molecule has 0 spiro atoms. The van der Waals surface area contributed by atoms with Crippen LogP contribution in [0.3, 0.4) is 0 Å². The summed E-state index contributed by atoms with van der Waals surface area (Å²) >= 11 is 3.55. The van der Waals surface area contributed by atoms with Crippen molar-refractivity contribution in [2.24, 2.45) is 5.73 Å². The summed E-state index contributed by atoms with van der Waals surface area (Å²) in [4.78, 5) is 4.53. The molecule has 4 nitrogen and oxygen atoms in total. The van der Waals surface area contributed by atoms with Crippen LogP contribution in [0.2, 0.25) is 0 Å². The lowest BCUT2D eigenvalue weighted by molar-refractivity contribution is 0.350. The van der Waals surface area contributed by atoms with Crippen LogP contribution in [-0.4, -0.2) is 16.2 Å². The smallest absolute Gasteiger partial charge is 0.229 e. The van der Waals surface area contributed by atoms with E-state index in [0.29, 0.717) is 11.7 Å². The highest BCUT2D eigenvalue weighted by atomic mass is 79.9. The molecule has 2 aromatic rings. The molecule has 114 valence electrons. The van der Waals surface area contributed by atoms with Gasteiger partial charge in [-0.15, -0.1) is 0 Å². The Hall–Kier alpha value is -1.20. The quantitative estimate of drug-likeness (QED) is 0.835. The number of aryl methyl sites for hydroxylation is 1. The molecule has 5 heteroatoms. The molecule has 0 aliphatic carbocycles. The summed E-state index contributed by atoms with van der Waals surface area (Å²) in [5, 5.41) is 4.10. The third-order valence-corrected chi connectivity index (χ3v) is 4.18. The highest BCUT2D eigenvalue weighted by Gasteiger charge is 2.16. The Labute approximate surface area is 134 Å². The predicted octanol–water partition coefficient (Wildman–Crippen LogP) is 4.43. The van der Waals surface area contributed by atoms with Gasteiger partial charge in [-0.3, -0.25) is 0 Å². The first kappa shape index (κ1) is 16.2. The summed E-state index contributed by atoms with van der Waals surface area (Å²) in [5.74, 6) is 1.59. The first-order valence-corrected chi connectivity index (χ1v) is 8.12.